The molecule has 0 bridgehead atoms. The Kier molecular flexibility index (Phi) is 139. The van der Waals surface area contributed by atoms with Gasteiger partial charge in [-0.05, 0) is 0 Å². The van der Waals surface area contributed by atoms with Crippen LogP contribution in [0.5, 0.6) is 0 Å². The maximum absolute atomic E-state index is 8.28. The molecule has 0 aliphatic carbocycles. The summed E-state index contributed by atoms with van der Waals surface area (Å²) in [6.07, 6.45) is 0. The fourth-order valence-electron chi connectivity index (χ4n) is 0. The van der Waals surface area contributed by atoms with Gasteiger partial charge in [0.25, 0.3) is 0 Å². The predicted octanol–water partition coefficient (Wildman–Crippen LogP) is -3.40. The van der Waals surface area contributed by atoms with Crippen LogP contribution in [0.4, 0.5) is 0 Å². The molecule has 0 saturated heterocycles. The third-order valence-corrected chi connectivity index (χ3v) is 0. The number of hydrogen-bond donors (Lipinski definition) is 0. The molecule has 4 heteroatoms. The van der Waals surface area contributed by atoms with Crippen LogP contribution in [-0.2, 0) is 3.17 Å². The first-order valence-corrected chi connectivity index (χ1v) is 1.09. The molecule has 0 aliphatic rings. The van der Waals surface area contributed by atoms with E-state index in [9.17, 15) is 0 Å². The van der Waals surface area contributed by atoms with E-state index in [1.807, 2.05) is 0 Å². The van der Waals surface area contributed by atoms with Crippen LogP contribution in [0, 0.1) is 11.8 Å². The molecule has 18 valence electrons. The Morgan fingerprint density at radius 1 is 1.40 bits per heavy atom. The van der Waals surface area contributed by atoms with Gasteiger partial charge in [-0.2, -0.15) is 0 Å². The molecule has 0 aromatic heterocycles. The first-order valence-electron chi connectivity index (χ1n) is 0.512. The summed E-state index contributed by atoms with van der Waals surface area (Å²) in [5.41, 5.74) is 0. The van der Waals surface area contributed by atoms with Crippen molar-refractivity contribution in [2.45, 2.75) is 0 Å². The maximum atomic E-state index is 8.28. The summed E-state index contributed by atoms with van der Waals surface area (Å²) in [5, 5.41) is 6.25. The van der Waals surface area contributed by atoms with Gasteiger partial charge < -0.3 is 11.8 Å². The summed E-state index contributed by atoms with van der Waals surface area (Å²) >= 11 is 0.611. The van der Waals surface area contributed by atoms with Gasteiger partial charge in [-0.25, -0.2) is 0 Å². The molecule has 0 aliphatic heterocycles. The van der Waals surface area contributed by atoms with E-state index in [1.54, 1.807) is 0 Å². The van der Waals surface area contributed by atoms with Gasteiger partial charge in [0, 0.05) is 0 Å². The molecule has 0 fully saturated rings. The van der Waals surface area contributed by atoms with Crippen molar-refractivity contribution in [1.29, 1.82) is 5.26 Å². The Morgan fingerprint density at radius 2 is 1.40 bits per heavy atom. The Bertz CT molecular complexity index is 22.9. The Labute approximate surface area is 86.1 Å². The van der Waals surface area contributed by atoms with E-state index in [-0.39, 0.29) is 51.4 Å². The molecule has 0 N–H and O–H groups in total. The van der Waals surface area contributed by atoms with Crippen molar-refractivity contribution in [2.75, 3.05) is 0 Å². The van der Waals surface area contributed by atoms with Crippen LogP contribution >= 0.6 is 0 Å². The van der Waals surface area contributed by atoms with Crippen molar-refractivity contribution in [3.63, 3.8) is 0 Å². The topological polar surface area (TPSA) is 40.9 Å². The second-order valence-corrected chi connectivity index (χ2v) is 0. The van der Waals surface area contributed by atoms with Crippen molar-refractivity contribution in [2.24, 2.45) is 0 Å². The van der Waals surface area contributed by atoms with Gasteiger partial charge >= 0.3 is 76.2 Å². The second-order valence-electron chi connectivity index (χ2n) is 0. The third kappa shape index (κ3) is 27.1. The zero-order chi connectivity index (χ0) is 4.00. The quantitative estimate of drug-likeness (QED) is 0.238. The van der Waals surface area contributed by atoms with Gasteiger partial charge in [0.05, 0.1) is 0 Å². The SMILES string of the molecule is [C-]#N.[K+].[O]=[Mg]. The van der Waals surface area contributed by atoms with Gasteiger partial charge in [-0.3, -0.25) is 0 Å². The average Bonchev–Trinajstić information content (AvgIpc) is 1.50. The molecule has 0 radical (unpaired) electrons. The van der Waals surface area contributed by atoms with Gasteiger partial charge in [0.1, 0.15) is 0 Å². The molecule has 0 amide bonds. The zero-order valence-corrected chi connectivity index (χ0v) is 7.60. The number of hydrogen-bond acceptors (Lipinski definition) is 2. The predicted molar refractivity (Wildman–Crippen MR) is 11.4 cm³/mol. The van der Waals surface area contributed by atoms with E-state index in [0.29, 0.717) is 21.7 Å². The normalized spacial score (nSPS) is 1.60. The fraction of sp³-hybridized carbons (Fsp3) is 0. The molecule has 0 spiro atoms. The molecule has 0 heterocycles. The summed E-state index contributed by atoms with van der Waals surface area (Å²) in [6.45, 7) is 4.75. The van der Waals surface area contributed by atoms with Crippen LogP contribution < -0.4 is 51.4 Å². The molecular weight excluding hydrogens is 105 g/mol. The first kappa shape index (κ1) is 15.9. The molecule has 0 unspecified atom stereocenters. The Morgan fingerprint density at radius 3 is 1.40 bits per heavy atom. The summed E-state index contributed by atoms with van der Waals surface area (Å²) in [6, 6.07) is 0. The molecular formula is CKMgNO. The molecule has 0 saturated carbocycles. The van der Waals surface area contributed by atoms with Crippen LogP contribution in [0.3, 0.4) is 0 Å². The second kappa shape index (κ2) is 43.8. The van der Waals surface area contributed by atoms with E-state index in [0.717, 1.165) is 0 Å². The average molecular weight is 105 g/mol. The minimum atomic E-state index is 0. The van der Waals surface area contributed by atoms with E-state index in [2.05, 4.69) is 0 Å². The van der Waals surface area contributed by atoms with E-state index < -0.39 is 0 Å². The molecule has 0 rings (SSSR count). The Hall–Kier alpha value is 1.69. The number of rotatable bonds is 0. The van der Waals surface area contributed by atoms with Crippen LogP contribution in [0.1, 0.15) is 0 Å². The summed E-state index contributed by atoms with van der Waals surface area (Å²) in [7, 11) is 0. The van der Waals surface area contributed by atoms with E-state index in [4.69, 9.17) is 15.0 Å². The molecule has 2 nitrogen and oxygen atoms in total. The van der Waals surface area contributed by atoms with Crippen molar-refractivity contribution < 1.29 is 54.6 Å². The van der Waals surface area contributed by atoms with Gasteiger partial charge in [-0.1, -0.05) is 0 Å². The van der Waals surface area contributed by atoms with Gasteiger partial charge in [-0.15, -0.1) is 0 Å². The summed E-state index contributed by atoms with van der Waals surface area (Å²) in [5.74, 6) is 0. The zero-order valence-electron chi connectivity index (χ0n) is 3.06. The van der Waals surface area contributed by atoms with Crippen LogP contribution in [0.2, 0.25) is 0 Å². The van der Waals surface area contributed by atoms with Crippen molar-refractivity contribution in [3.8, 4) is 0 Å². The molecule has 0 atom stereocenters. The Balaban J connectivity index is -0.0000000133. The van der Waals surface area contributed by atoms with E-state index in [1.165, 1.54) is 0 Å². The number of nitrogens with zero attached hydrogens (tertiary/aromatic N) is 1. The summed E-state index contributed by atoms with van der Waals surface area (Å²) in [4.78, 5) is 0. The molecule has 5 heavy (non-hydrogen) atoms. The summed E-state index contributed by atoms with van der Waals surface area (Å²) < 4.78 is 8.28. The van der Waals surface area contributed by atoms with Crippen molar-refractivity contribution in [3.05, 3.63) is 6.57 Å². The van der Waals surface area contributed by atoms with Crippen molar-refractivity contribution in [1.82, 2.24) is 0 Å². The van der Waals surface area contributed by atoms with Crippen LogP contribution in [0.15, 0.2) is 0 Å². The van der Waals surface area contributed by atoms with Crippen LogP contribution in [-0.4, -0.2) is 21.7 Å². The third-order valence-electron chi connectivity index (χ3n) is 0. The van der Waals surface area contributed by atoms with Gasteiger partial charge in [0.15, 0.2) is 0 Å². The van der Waals surface area contributed by atoms with E-state index >= 15 is 0 Å². The monoisotopic (exact) mass is 105 g/mol. The van der Waals surface area contributed by atoms with Gasteiger partial charge in [0.2, 0.25) is 0 Å². The first-order chi connectivity index (χ1) is 2.00. The van der Waals surface area contributed by atoms with Crippen molar-refractivity contribution >= 4 is 21.7 Å². The van der Waals surface area contributed by atoms with Crippen LogP contribution in [0.25, 0.3) is 0 Å². The molecule has 0 aromatic carbocycles. The standard InChI is InChI=1S/CN.K.Mg.O/c1-2;;;/q-1;+1;;. The molecule has 0 aromatic rings. The fourth-order valence-corrected chi connectivity index (χ4v) is 0. The minimum absolute atomic E-state index is 0.